The average molecular weight is 337 g/mol. The van der Waals surface area contributed by atoms with Gasteiger partial charge in [-0.05, 0) is 33.6 Å². The molecule has 2 N–H and O–H groups in total. The number of carbonyl (C=O) groups is 2. The smallest absolute Gasteiger partial charge is 0.321 e. The number of allylic oxidation sites excluding steroid dienone is 1. The second-order valence-corrected chi connectivity index (χ2v) is 7.50. The van der Waals surface area contributed by atoms with Crippen molar-refractivity contribution in [1.29, 1.82) is 0 Å². The van der Waals surface area contributed by atoms with Gasteiger partial charge in [0.05, 0.1) is 5.75 Å². The van der Waals surface area contributed by atoms with Crippen molar-refractivity contribution < 1.29 is 9.59 Å². The van der Waals surface area contributed by atoms with Crippen LogP contribution >= 0.6 is 11.8 Å². The molecule has 0 spiro atoms. The van der Waals surface area contributed by atoms with Crippen LogP contribution in [0.2, 0.25) is 0 Å². The van der Waals surface area contributed by atoms with Crippen molar-refractivity contribution in [2.75, 3.05) is 5.75 Å². The number of nitrogens with one attached hydrogen (secondary N) is 2. The molecule has 1 aromatic rings. The van der Waals surface area contributed by atoms with E-state index in [0.29, 0.717) is 17.6 Å². The number of hydrogen-bond acceptors (Lipinski definition) is 5. The zero-order valence-corrected chi connectivity index (χ0v) is 14.6. The zero-order valence-electron chi connectivity index (χ0n) is 13.8. The van der Waals surface area contributed by atoms with E-state index in [-0.39, 0.29) is 17.2 Å². The van der Waals surface area contributed by atoms with Gasteiger partial charge in [0, 0.05) is 18.0 Å². The largest absolute Gasteiger partial charge is 0.333 e. The first-order valence-corrected chi connectivity index (χ1v) is 8.57. The van der Waals surface area contributed by atoms with Gasteiger partial charge in [0.1, 0.15) is 5.82 Å². The Morgan fingerprint density at radius 3 is 2.65 bits per heavy atom. The van der Waals surface area contributed by atoms with E-state index >= 15 is 0 Å². The highest BCUT2D eigenvalue weighted by atomic mass is 32.2. The van der Waals surface area contributed by atoms with Crippen molar-refractivity contribution in [2.24, 2.45) is 0 Å². The van der Waals surface area contributed by atoms with Gasteiger partial charge in [-0.15, -0.1) is 16.8 Å². The topological polar surface area (TPSA) is 88.9 Å². The molecule has 1 aliphatic rings. The molecule has 0 bridgehead atoms. The Balaban J connectivity index is 1.89. The molecule has 0 unspecified atom stereocenters. The first kappa shape index (κ1) is 17.5. The summed E-state index contributed by atoms with van der Waals surface area (Å²) in [7, 11) is 0. The number of nitrogens with zero attached hydrogens (tertiary/aromatic N) is 3. The third-order valence-corrected chi connectivity index (χ3v) is 4.04. The lowest BCUT2D eigenvalue weighted by Crippen LogP contribution is -2.48. The van der Waals surface area contributed by atoms with Crippen LogP contribution in [0.4, 0.5) is 4.79 Å². The van der Waals surface area contributed by atoms with Crippen LogP contribution in [-0.4, -0.2) is 38.0 Å². The summed E-state index contributed by atoms with van der Waals surface area (Å²) < 4.78 is 1.98. The maximum Gasteiger partial charge on any atom is 0.321 e. The minimum Gasteiger partial charge on any atom is -0.333 e. The molecule has 0 aromatic carbocycles. The maximum atomic E-state index is 11.9. The molecular weight excluding hydrogens is 314 g/mol. The van der Waals surface area contributed by atoms with Crippen molar-refractivity contribution in [3.63, 3.8) is 0 Å². The van der Waals surface area contributed by atoms with Gasteiger partial charge in [-0.1, -0.05) is 17.8 Å². The van der Waals surface area contributed by atoms with Crippen LogP contribution in [0, 0.1) is 0 Å². The molecule has 1 aliphatic carbocycles. The summed E-state index contributed by atoms with van der Waals surface area (Å²) in [4.78, 5) is 23.5. The first-order valence-electron chi connectivity index (χ1n) is 7.59. The highest BCUT2D eigenvalue weighted by molar-refractivity contribution is 7.99. The molecule has 3 amide bonds. The molecule has 8 heteroatoms. The van der Waals surface area contributed by atoms with E-state index in [4.69, 9.17) is 0 Å². The van der Waals surface area contributed by atoms with E-state index in [1.807, 2.05) is 25.3 Å². The van der Waals surface area contributed by atoms with Crippen LogP contribution in [-0.2, 0) is 11.3 Å². The fourth-order valence-corrected chi connectivity index (χ4v) is 2.77. The minimum absolute atomic E-state index is 0.109. The van der Waals surface area contributed by atoms with Crippen molar-refractivity contribution in [1.82, 2.24) is 25.4 Å². The van der Waals surface area contributed by atoms with Gasteiger partial charge >= 0.3 is 6.03 Å². The first-order chi connectivity index (χ1) is 10.8. The predicted molar refractivity (Wildman–Crippen MR) is 89.3 cm³/mol. The third-order valence-electron chi connectivity index (χ3n) is 3.07. The van der Waals surface area contributed by atoms with Crippen LogP contribution in [0.15, 0.2) is 17.8 Å². The molecule has 1 saturated carbocycles. The van der Waals surface area contributed by atoms with E-state index < -0.39 is 6.03 Å². The highest BCUT2D eigenvalue weighted by Crippen LogP contribution is 2.39. The Morgan fingerprint density at radius 1 is 1.39 bits per heavy atom. The molecule has 126 valence electrons. The van der Waals surface area contributed by atoms with Crippen LogP contribution < -0.4 is 10.6 Å². The Labute approximate surface area is 140 Å². The molecule has 0 aliphatic heterocycles. The highest BCUT2D eigenvalue weighted by Gasteiger charge is 2.30. The van der Waals surface area contributed by atoms with Crippen molar-refractivity contribution in [2.45, 2.75) is 56.8 Å². The van der Waals surface area contributed by atoms with E-state index in [2.05, 4.69) is 27.4 Å². The average Bonchev–Trinajstić information content (AvgIpc) is 3.18. The van der Waals surface area contributed by atoms with Gasteiger partial charge in [0.2, 0.25) is 5.91 Å². The summed E-state index contributed by atoms with van der Waals surface area (Å²) in [5.41, 5.74) is -0.388. The summed E-state index contributed by atoms with van der Waals surface area (Å²) in [6.45, 7) is 9.92. The normalized spacial score (nSPS) is 14.4. The summed E-state index contributed by atoms with van der Waals surface area (Å²) in [5, 5.41) is 14.0. The third kappa shape index (κ3) is 5.38. The van der Waals surface area contributed by atoms with E-state index in [0.717, 1.165) is 18.7 Å². The van der Waals surface area contributed by atoms with Gasteiger partial charge < -0.3 is 9.88 Å². The molecule has 0 saturated heterocycles. The lowest BCUT2D eigenvalue weighted by Gasteiger charge is -2.20. The van der Waals surface area contributed by atoms with Gasteiger partial charge in [-0.25, -0.2) is 4.79 Å². The second-order valence-electron chi connectivity index (χ2n) is 6.56. The Morgan fingerprint density at radius 2 is 2.09 bits per heavy atom. The molecule has 1 aromatic heterocycles. The van der Waals surface area contributed by atoms with Crippen LogP contribution in [0.1, 0.15) is 45.4 Å². The molecule has 23 heavy (non-hydrogen) atoms. The number of hydrogen-bond donors (Lipinski definition) is 2. The summed E-state index contributed by atoms with van der Waals surface area (Å²) >= 11 is 1.27. The van der Waals surface area contributed by atoms with Crippen molar-refractivity contribution >= 4 is 23.7 Å². The monoisotopic (exact) mass is 337 g/mol. The minimum atomic E-state index is -0.491. The van der Waals surface area contributed by atoms with E-state index in [1.54, 1.807) is 6.08 Å². The SMILES string of the molecule is C=CCn1c(SCC(=O)NC(=O)NC(C)(C)C)nnc1C1CC1. The van der Waals surface area contributed by atoms with Crippen molar-refractivity contribution in [3.05, 3.63) is 18.5 Å². The van der Waals surface area contributed by atoms with E-state index in [9.17, 15) is 9.59 Å². The Hall–Kier alpha value is -1.83. The summed E-state index contributed by atoms with van der Waals surface area (Å²) in [6.07, 6.45) is 4.05. The van der Waals surface area contributed by atoms with Crippen molar-refractivity contribution in [3.8, 4) is 0 Å². The maximum absolute atomic E-state index is 11.9. The fourth-order valence-electron chi connectivity index (χ4n) is 2.02. The van der Waals surface area contributed by atoms with Crippen LogP contribution in [0.3, 0.4) is 0 Å². The number of imide groups is 1. The molecule has 1 fully saturated rings. The Bertz CT molecular complexity index is 601. The van der Waals surface area contributed by atoms with Gasteiger partial charge in [-0.3, -0.25) is 10.1 Å². The molecule has 0 radical (unpaired) electrons. The molecule has 2 rings (SSSR count). The molecule has 7 nitrogen and oxygen atoms in total. The van der Waals surface area contributed by atoms with Gasteiger partial charge in [0.25, 0.3) is 0 Å². The predicted octanol–water partition coefficient (Wildman–Crippen LogP) is 2.06. The molecular formula is C15H23N5O2S. The second kappa shape index (κ2) is 7.16. The number of carbonyl (C=O) groups excluding carboxylic acids is 2. The fraction of sp³-hybridized carbons (Fsp3) is 0.600. The molecule has 1 heterocycles. The molecule has 0 atom stereocenters. The standard InChI is InChI=1S/C15H23N5O2S/c1-5-8-20-12(10-6-7-10)18-19-14(20)23-9-11(21)16-13(22)17-15(2,3)4/h5,10H,1,6-9H2,2-4H3,(H2,16,17,21,22). The lowest BCUT2D eigenvalue weighted by atomic mass is 10.1. The van der Waals surface area contributed by atoms with Gasteiger partial charge in [-0.2, -0.15) is 0 Å². The number of thioether (sulfide) groups is 1. The number of urea groups is 1. The van der Waals surface area contributed by atoms with Gasteiger partial charge in [0.15, 0.2) is 5.16 Å². The number of amides is 3. The summed E-state index contributed by atoms with van der Waals surface area (Å²) in [6, 6.07) is -0.491. The van der Waals surface area contributed by atoms with Crippen LogP contribution in [0.5, 0.6) is 0 Å². The lowest BCUT2D eigenvalue weighted by molar-refractivity contribution is -0.117. The summed E-state index contributed by atoms with van der Waals surface area (Å²) in [5.74, 6) is 1.18. The van der Waals surface area contributed by atoms with Crippen LogP contribution in [0.25, 0.3) is 0 Å². The number of rotatable bonds is 6. The zero-order chi connectivity index (χ0) is 17.0. The van der Waals surface area contributed by atoms with E-state index in [1.165, 1.54) is 11.8 Å². The number of aromatic nitrogens is 3. The quantitative estimate of drug-likeness (QED) is 0.613. The Kier molecular flexibility index (Phi) is 5.46.